The Labute approximate surface area is 82.3 Å². The fourth-order valence-corrected chi connectivity index (χ4v) is 1.39. The summed E-state index contributed by atoms with van der Waals surface area (Å²) in [6.45, 7) is 3.19. The Morgan fingerprint density at radius 1 is 1.57 bits per heavy atom. The monoisotopic (exact) mass is 191 g/mol. The van der Waals surface area contributed by atoms with E-state index in [-0.39, 0.29) is 0 Å². The van der Waals surface area contributed by atoms with Crippen molar-refractivity contribution < 1.29 is 4.52 Å². The summed E-state index contributed by atoms with van der Waals surface area (Å²) in [6, 6.07) is 3.94. The van der Waals surface area contributed by atoms with Gasteiger partial charge in [0.05, 0.1) is 6.54 Å². The van der Waals surface area contributed by atoms with Crippen LogP contribution in [-0.4, -0.2) is 9.72 Å². The molecule has 4 nitrogen and oxygen atoms in total. The summed E-state index contributed by atoms with van der Waals surface area (Å²) in [4.78, 5) is 0. The summed E-state index contributed by atoms with van der Waals surface area (Å²) in [5.74, 6) is 0.839. The van der Waals surface area contributed by atoms with Crippen LogP contribution in [0.2, 0.25) is 0 Å². The van der Waals surface area contributed by atoms with Gasteiger partial charge >= 0.3 is 0 Å². The van der Waals surface area contributed by atoms with Crippen molar-refractivity contribution in [1.29, 1.82) is 0 Å². The smallest absolute Gasteiger partial charge is 0.133 e. The van der Waals surface area contributed by atoms with Gasteiger partial charge in [-0.1, -0.05) is 5.16 Å². The lowest BCUT2D eigenvalue weighted by molar-refractivity contribution is 0.389. The van der Waals surface area contributed by atoms with Crippen LogP contribution in [0.3, 0.4) is 0 Å². The van der Waals surface area contributed by atoms with Crippen molar-refractivity contribution in [1.82, 2.24) is 9.72 Å². The molecule has 0 saturated carbocycles. The molecule has 0 radical (unpaired) electrons. The molecule has 0 aliphatic heterocycles. The van der Waals surface area contributed by atoms with Gasteiger partial charge in [-0.3, -0.25) is 0 Å². The van der Waals surface area contributed by atoms with Gasteiger partial charge in [0.1, 0.15) is 11.5 Å². The van der Waals surface area contributed by atoms with Crippen LogP contribution in [0.1, 0.15) is 17.0 Å². The Bertz CT molecular complexity index is 416. The van der Waals surface area contributed by atoms with Gasteiger partial charge in [0, 0.05) is 25.0 Å². The van der Waals surface area contributed by atoms with E-state index in [4.69, 9.17) is 10.3 Å². The molecule has 4 heteroatoms. The zero-order chi connectivity index (χ0) is 9.97. The van der Waals surface area contributed by atoms with Crippen molar-refractivity contribution in [3.63, 3.8) is 0 Å². The van der Waals surface area contributed by atoms with E-state index in [1.165, 1.54) is 0 Å². The van der Waals surface area contributed by atoms with Crippen LogP contribution >= 0.6 is 0 Å². The molecular formula is C10H13N3O. The lowest BCUT2D eigenvalue weighted by atomic mass is 10.3. The minimum atomic E-state index is 0.574. The van der Waals surface area contributed by atoms with Gasteiger partial charge in [-0.25, -0.2) is 0 Å². The van der Waals surface area contributed by atoms with E-state index in [0.29, 0.717) is 6.54 Å². The predicted octanol–water partition coefficient (Wildman–Crippen LogP) is 1.29. The SMILES string of the molecule is Cc1cc(Cn2ccc(CN)c2)no1. The second kappa shape index (κ2) is 3.67. The molecule has 0 atom stereocenters. The molecule has 0 spiro atoms. The van der Waals surface area contributed by atoms with Gasteiger partial charge in [-0.15, -0.1) is 0 Å². The number of hydrogen-bond acceptors (Lipinski definition) is 3. The Balaban J connectivity index is 2.10. The van der Waals surface area contributed by atoms with Crippen molar-refractivity contribution in [3.05, 3.63) is 41.5 Å². The molecule has 0 amide bonds. The first-order valence-electron chi connectivity index (χ1n) is 4.55. The molecule has 0 aliphatic carbocycles. The minimum absolute atomic E-state index is 0.574. The molecule has 2 aromatic rings. The summed E-state index contributed by atoms with van der Waals surface area (Å²) in [6.07, 6.45) is 4.01. The molecule has 0 fully saturated rings. The van der Waals surface area contributed by atoms with Crippen LogP contribution in [0.5, 0.6) is 0 Å². The second-order valence-corrected chi connectivity index (χ2v) is 3.33. The van der Waals surface area contributed by atoms with Crippen molar-refractivity contribution >= 4 is 0 Å². The van der Waals surface area contributed by atoms with Gasteiger partial charge in [0.15, 0.2) is 0 Å². The van der Waals surface area contributed by atoms with Gasteiger partial charge in [-0.05, 0) is 18.6 Å². The largest absolute Gasteiger partial charge is 0.361 e. The molecule has 74 valence electrons. The highest BCUT2D eigenvalue weighted by molar-refractivity contribution is 5.12. The third-order valence-electron chi connectivity index (χ3n) is 2.07. The summed E-state index contributed by atoms with van der Waals surface area (Å²) in [5, 5.41) is 3.92. The van der Waals surface area contributed by atoms with E-state index in [2.05, 4.69) is 5.16 Å². The summed E-state index contributed by atoms with van der Waals surface area (Å²) in [5.41, 5.74) is 7.58. The molecule has 2 N–H and O–H groups in total. The van der Waals surface area contributed by atoms with Crippen LogP contribution < -0.4 is 5.73 Å². The van der Waals surface area contributed by atoms with E-state index in [1.807, 2.05) is 36.0 Å². The Hall–Kier alpha value is -1.55. The summed E-state index contributed by atoms with van der Waals surface area (Å²) >= 11 is 0. The number of nitrogens with zero attached hydrogens (tertiary/aromatic N) is 2. The highest BCUT2D eigenvalue weighted by Crippen LogP contribution is 2.06. The molecule has 0 unspecified atom stereocenters. The minimum Gasteiger partial charge on any atom is -0.361 e. The average molecular weight is 191 g/mol. The summed E-state index contributed by atoms with van der Waals surface area (Å²) < 4.78 is 7.02. The van der Waals surface area contributed by atoms with Crippen LogP contribution in [0, 0.1) is 6.92 Å². The van der Waals surface area contributed by atoms with E-state index in [0.717, 1.165) is 23.6 Å². The fraction of sp³-hybridized carbons (Fsp3) is 0.300. The Kier molecular flexibility index (Phi) is 2.37. The Morgan fingerprint density at radius 2 is 2.43 bits per heavy atom. The van der Waals surface area contributed by atoms with Crippen LogP contribution in [0.4, 0.5) is 0 Å². The van der Waals surface area contributed by atoms with Crippen LogP contribution in [0.15, 0.2) is 29.0 Å². The summed E-state index contributed by atoms with van der Waals surface area (Å²) in [7, 11) is 0. The number of hydrogen-bond donors (Lipinski definition) is 1. The van der Waals surface area contributed by atoms with Crippen LogP contribution in [0.25, 0.3) is 0 Å². The van der Waals surface area contributed by atoms with E-state index in [1.54, 1.807) is 0 Å². The zero-order valence-corrected chi connectivity index (χ0v) is 8.10. The molecule has 0 aliphatic rings. The number of aryl methyl sites for hydroxylation is 1. The molecule has 0 saturated heterocycles. The first-order valence-corrected chi connectivity index (χ1v) is 4.55. The third-order valence-corrected chi connectivity index (χ3v) is 2.07. The maximum atomic E-state index is 5.51. The topological polar surface area (TPSA) is 57.0 Å². The van der Waals surface area contributed by atoms with Gasteiger partial charge in [0.2, 0.25) is 0 Å². The van der Waals surface area contributed by atoms with Crippen molar-refractivity contribution in [2.75, 3.05) is 0 Å². The average Bonchev–Trinajstić information content (AvgIpc) is 2.76. The van der Waals surface area contributed by atoms with Crippen molar-refractivity contribution in [2.24, 2.45) is 5.73 Å². The quantitative estimate of drug-likeness (QED) is 0.795. The maximum absolute atomic E-state index is 5.51. The zero-order valence-electron chi connectivity index (χ0n) is 8.10. The Morgan fingerprint density at radius 3 is 3.00 bits per heavy atom. The molecular weight excluding hydrogens is 178 g/mol. The lowest BCUT2D eigenvalue weighted by Gasteiger charge is -1.96. The maximum Gasteiger partial charge on any atom is 0.133 e. The second-order valence-electron chi connectivity index (χ2n) is 3.33. The van der Waals surface area contributed by atoms with Crippen molar-refractivity contribution in [2.45, 2.75) is 20.0 Å². The highest BCUT2D eigenvalue weighted by Gasteiger charge is 2.01. The third kappa shape index (κ3) is 1.85. The number of aromatic nitrogens is 2. The van der Waals surface area contributed by atoms with Gasteiger partial charge in [0.25, 0.3) is 0 Å². The van der Waals surface area contributed by atoms with Gasteiger partial charge < -0.3 is 14.8 Å². The highest BCUT2D eigenvalue weighted by atomic mass is 16.5. The van der Waals surface area contributed by atoms with E-state index in [9.17, 15) is 0 Å². The number of rotatable bonds is 3. The van der Waals surface area contributed by atoms with Crippen molar-refractivity contribution in [3.8, 4) is 0 Å². The first kappa shape index (κ1) is 9.02. The van der Waals surface area contributed by atoms with E-state index >= 15 is 0 Å². The molecule has 2 aromatic heterocycles. The molecule has 0 aromatic carbocycles. The lowest BCUT2D eigenvalue weighted by Crippen LogP contribution is -1.97. The normalized spacial score (nSPS) is 10.7. The van der Waals surface area contributed by atoms with E-state index < -0.39 is 0 Å². The predicted molar refractivity (Wildman–Crippen MR) is 52.7 cm³/mol. The van der Waals surface area contributed by atoms with Crippen LogP contribution in [-0.2, 0) is 13.1 Å². The molecule has 14 heavy (non-hydrogen) atoms. The molecule has 0 bridgehead atoms. The fourth-order valence-electron chi connectivity index (χ4n) is 1.39. The molecule has 2 rings (SSSR count). The molecule has 2 heterocycles. The number of nitrogens with two attached hydrogens (primary N) is 1. The van der Waals surface area contributed by atoms with Gasteiger partial charge in [-0.2, -0.15) is 0 Å². The standard InChI is InChI=1S/C10H13N3O/c1-8-4-10(12-14-8)7-13-3-2-9(5-11)6-13/h2-4,6H,5,7,11H2,1H3. The first-order chi connectivity index (χ1) is 6.78.